The largest absolute Gasteiger partial charge is 0.478 e. The van der Waals surface area contributed by atoms with E-state index in [1.165, 1.54) is 24.3 Å². The number of hydrogen-bond acceptors (Lipinski definition) is 4. The highest BCUT2D eigenvalue weighted by molar-refractivity contribution is 6.32. The first kappa shape index (κ1) is 18.6. The zero-order valence-corrected chi connectivity index (χ0v) is 15.1. The second-order valence-corrected chi connectivity index (χ2v) is 6.18. The predicted octanol–water partition coefficient (Wildman–Crippen LogP) is 4.18. The Labute approximate surface area is 159 Å². The van der Waals surface area contributed by atoms with Crippen molar-refractivity contribution in [1.82, 2.24) is 9.78 Å². The van der Waals surface area contributed by atoms with Gasteiger partial charge in [-0.3, -0.25) is 5.43 Å². The third kappa shape index (κ3) is 4.51. The zero-order chi connectivity index (χ0) is 19.4. The van der Waals surface area contributed by atoms with E-state index in [0.717, 1.165) is 5.56 Å². The van der Waals surface area contributed by atoms with Crippen molar-refractivity contribution in [2.24, 2.45) is 5.10 Å². The van der Waals surface area contributed by atoms with Gasteiger partial charge in [-0.1, -0.05) is 23.7 Å². The molecule has 6 nitrogen and oxygen atoms in total. The van der Waals surface area contributed by atoms with Crippen molar-refractivity contribution in [2.45, 2.75) is 13.5 Å². The number of nitrogens with one attached hydrogen (secondary N) is 1. The van der Waals surface area contributed by atoms with Crippen molar-refractivity contribution in [3.63, 3.8) is 0 Å². The minimum absolute atomic E-state index is 0.200. The predicted molar refractivity (Wildman–Crippen MR) is 102 cm³/mol. The molecule has 0 amide bonds. The van der Waals surface area contributed by atoms with Gasteiger partial charge in [-0.25, -0.2) is 13.9 Å². The second kappa shape index (κ2) is 8.01. The molecule has 0 saturated heterocycles. The van der Waals surface area contributed by atoms with E-state index < -0.39 is 5.97 Å². The van der Waals surface area contributed by atoms with Gasteiger partial charge in [-0.05, 0) is 48.9 Å². The molecule has 0 bridgehead atoms. The van der Waals surface area contributed by atoms with E-state index in [-0.39, 0.29) is 11.4 Å². The van der Waals surface area contributed by atoms with Crippen molar-refractivity contribution in [3.8, 4) is 0 Å². The maximum Gasteiger partial charge on any atom is 0.335 e. The number of benzene rings is 2. The van der Waals surface area contributed by atoms with Gasteiger partial charge < -0.3 is 5.11 Å². The Hall–Kier alpha value is -3.19. The Kier molecular flexibility index (Phi) is 5.52. The molecule has 0 fully saturated rings. The molecule has 3 rings (SSSR count). The van der Waals surface area contributed by atoms with Crippen LogP contribution in [0.2, 0.25) is 5.15 Å². The van der Waals surface area contributed by atoms with Crippen LogP contribution in [0.1, 0.15) is 27.2 Å². The van der Waals surface area contributed by atoms with Gasteiger partial charge in [0.2, 0.25) is 0 Å². The van der Waals surface area contributed by atoms with Gasteiger partial charge >= 0.3 is 5.97 Å². The van der Waals surface area contributed by atoms with E-state index in [0.29, 0.717) is 28.6 Å². The van der Waals surface area contributed by atoms with Gasteiger partial charge in [0, 0.05) is 0 Å². The molecule has 2 aromatic carbocycles. The molecule has 0 radical (unpaired) electrons. The molecule has 0 spiro atoms. The van der Waals surface area contributed by atoms with Gasteiger partial charge in [0.05, 0.1) is 35.3 Å². The molecule has 2 N–H and O–H groups in total. The summed E-state index contributed by atoms with van der Waals surface area (Å²) < 4.78 is 14.6. The molecule has 0 unspecified atom stereocenters. The van der Waals surface area contributed by atoms with Crippen molar-refractivity contribution < 1.29 is 14.3 Å². The molecule has 3 aromatic rings. The van der Waals surface area contributed by atoms with E-state index in [2.05, 4.69) is 15.6 Å². The van der Waals surface area contributed by atoms with E-state index in [1.807, 2.05) is 6.92 Å². The summed E-state index contributed by atoms with van der Waals surface area (Å²) in [5, 5.41) is 17.8. The van der Waals surface area contributed by atoms with Crippen LogP contribution in [0, 0.1) is 12.7 Å². The fourth-order valence-corrected chi connectivity index (χ4v) is 2.72. The standard InChI is InChI=1S/C19H16ClFN4O2/c1-12-17(10-22-23-16-8-4-14(5-9-16)19(26)27)18(20)25(24-12)11-13-2-6-15(21)7-3-13/h2-10,23H,11H2,1H3,(H,26,27)/b22-10+. The minimum atomic E-state index is -0.985. The molecular formula is C19H16ClFN4O2. The first-order chi connectivity index (χ1) is 12.9. The highest BCUT2D eigenvalue weighted by Gasteiger charge is 2.12. The maximum atomic E-state index is 13.0. The molecule has 0 saturated carbocycles. The Balaban J connectivity index is 1.71. The summed E-state index contributed by atoms with van der Waals surface area (Å²) in [7, 11) is 0. The topological polar surface area (TPSA) is 79.5 Å². The van der Waals surface area contributed by atoms with Gasteiger partial charge in [0.15, 0.2) is 0 Å². The lowest BCUT2D eigenvalue weighted by Gasteiger charge is -2.03. The first-order valence-corrected chi connectivity index (χ1v) is 8.41. The molecule has 0 aliphatic carbocycles. The number of carbonyl (C=O) groups is 1. The van der Waals surface area contributed by atoms with Crippen LogP contribution >= 0.6 is 11.6 Å². The lowest BCUT2D eigenvalue weighted by molar-refractivity contribution is 0.0697. The quantitative estimate of drug-likeness (QED) is 0.492. The SMILES string of the molecule is Cc1nn(Cc2ccc(F)cc2)c(Cl)c1/C=N/Nc1ccc(C(=O)O)cc1. The summed E-state index contributed by atoms with van der Waals surface area (Å²) in [6.45, 7) is 2.23. The third-order valence-electron chi connectivity index (χ3n) is 3.87. The Morgan fingerprint density at radius 2 is 1.93 bits per heavy atom. The molecular weight excluding hydrogens is 371 g/mol. The third-order valence-corrected chi connectivity index (χ3v) is 4.27. The van der Waals surface area contributed by atoms with Gasteiger partial charge in [0.1, 0.15) is 11.0 Å². The summed E-state index contributed by atoms with van der Waals surface area (Å²) in [5.74, 6) is -1.28. The lowest BCUT2D eigenvalue weighted by atomic mass is 10.2. The Morgan fingerprint density at radius 1 is 1.26 bits per heavy atom. The number of rotatable bonds is 6. The van der Waals surface area contributed by atoms with Crippen LogP contribution in [0.5, 0.6) is 0 Å². The van der Waals surface area contributed by atoms with Gasteiger partial charge in [0.25, 0.3) is 0 Å². The molecule has 0 atom stereocenters. The van der Waals surface area contributed by atoms with E-state index in [4.69, 9.17) is 16.7 Å². The van der Waals surface area contributed by atoms with Crippen molar-refractivity contribution in [1.29, 1.82) is 0 Å². The van der Waals surface area contributed by atoms with Crippen LogP contribution in [0.15, 0.2) is 53.6 Å². The molecule has 138 valence electrons. The van der Waals surface area contributed by atoms with E-state index >= 15 is 0 Å². The van der Waals surface area contributed by atoms with Gasteiger partial charge in [-0.15, -0.1) is 0 Å². The smallest absolute Gasteiger partial charge is 0.335 e. The van der Waals surface area contributed by atoms with E-state index in [9.17, 15) is 9.18 Å². The first-order valence-electron chi connectivity index (χ1n) is 8.04. The summed E-state index contributed by atoms with van der Waals surface area (Å²) >= 11 is 6.39. The number of nitrogens with zero attached hydrogens (tertiary/aromatic N) is 3. The fraction of sp³-hybridized carbons (Fsp3) is 0.105. The molecule has 0 aliphatic heterocycles. The number of anilines is 1. The Bertz CT molecular complexity index is 982. The van der Waals surface area contributed by atoms with Crippen molar-refractivity contribution >= 4 is 29.5 Å². The average Bonchev–Trinajstić information content (AvgIpc) is 2.91. The lowest BCUT2D eigenvalue weighted by Crippen LogP contribution is -2.02. The van der Waals surface area contributed by atoms with Crippen LogP contribution in [0.25, 0.3) is 0 Å². The van der Waals surface area contributed by atoms with Crippen LogP contribution in [-0.2, 0) is 6.54 Å². The maximum absolute atomic E-state index is 13.0. The van der Waals surface area contributed by atoms with Crippen LogP contribution < -0.4 is 5.43 Å². The van der Waals surface area contributed by atoms with Crippen molar-refractivity contribution in [2.75, 3.05) is 5.43 Å². The van der Waals surface area contributed by atoms with Crippen LogP contribution in [0.3, 0.4) is 0 Å². The number of hydrogen-bond donors (Lipinski definition) is 2. The normalized spacial score (nSPS) is 11.1. The highest BCUT2D eigenvalue weighted by atomic mass is 35.5. The summed E-state index contributed by atoms with van der Waals surface area (Å²) in [6, 6.07) is 12.3. The fourth-order valence-electron chi connectivity index (χ4n) is 2.44. The molecule has 8 heteroatoms. The molecule has 1 aromatic heterocycles. The summed E-state index contributed by atoms with van der Waals surface area (Å²) in [5.41, 5.74) is 5.90. The van der Waals surface area contributed by atoms with Crippen molar-refractivity contribution in [3.05, 3.63) is 81.9 Å². The number of carboxylic acid groups (broad SMARTS) is 1. The highest BCUT2D eigenvalue weighted by Crippen LogP contribution is 2.19. The Morgan fingerprint density at radius 3 is 2.56 bits per heavy atom. The minimum Gasteiger partial charge on any atom is -0.478 e. The molecule has 1 heterocycles. The van der Waals surface area contributed by atoms with Gasteiger partial charge in [-0.2, -0.15) is 10.2 Å². The zero-order valence-electron chi connectivity index (χ0n) is 14.4. The number of carboxylic acids is 1. The number of aryl methyl sites for hydroxylation is 1. The summed E-state index contributed by atoms with van der Waals surface area (Å²) in [4.78, 5) is 10.8. The monoisotopic (exact) mass is 386 g/mol. The molecule has 0 aliphatic rings. The average molecular weight is 387 g/mol. The number of halogens is 2. The number of aromatic nitrogens is 2. The van der Waals surface area contributed by atoms with Crippen LogP contribution in [0.4, 0.5) is 10.1 Å². The van der Waals surface area contributed by atoms with Crippen LogP contribution in [-0.4, -0.2) is 27.1 Å². The van der Waals surface area contributed by atoms with E-state index in [1.54, 1.807) is 35.2 Å². The second-order valence-electron chi connectivity index (χ2n) is 5.83. The molecule has 27 heavy (non-hydrogen) atoms. The number of hydrazone groups is 1. The summed E-state index contributed by atoms with van der Waals surface area (Å²) in [6.07, 6.45) is 1.55. The number of aromatic carboxylic acids is 1.